The maximum absolute atomic E-state index is 8.82. The molecule has 0 atom stereocenters. The molecule has 0 radical (unpaired) electrons. The molecule has 0 spiro atoms. The minimum Gasteiger partial charge on any atom is -0.506 e. The van der Waals surface area contributed by atoms with Crippen LogP contribution < -0.4 is 11.2 Å². The lowest BCUT2D eigenvalue weighted by atomic mass is 10.6. The van der Waals surface area contributed by atoms with Crippen LogP contribution in [0.15, 0.2) is 12.3 Å². The first-order valence-corrected chi connectivity index (χ1v) is 2.58. The van der Waals surface area contributed by atoms with Crippen molar-refractivity contribution in [3.05, 3.63) is 12.3 Å². The zero-order chi connectivity index (χ0) is 6.85. The van der Waals surface area contributed by atoms with Gasteiger partial charge in [0, 0.05) is 13.1 Å². The van der Waals surface area contributed by atoms with Crippen LogP contribution in [0.25, 0.3) is 0 Å². The van der Waals surface area contributed by atoms with E-state index in [0.29, 0.717) is 5.82 Å². The van der Waals surface area contributed by atoms with Gasteiger partial charge in [-0.25, -0.2) is 0 Å². The normalized spacial score (nSPS) is 9.44. The summed E-state index contributed by atoms with van der Waals surface area (Å²) in [6.45, 7) is 0. The number of hydrogen-bond donors (Lipinski definition) is 3. The number of nitrogen functional groups attached to an aromatic ring is 1. The van der Waals surface area contributed by atoms with Crippen LogP contribution in [0.3, 0.4) is 0 Å². The van der Waals surface area contributed by atoms with Gasteiger partial charge in [0.05, 0.1) is 6.20 Å². The third kappa shape index (κ3) is 0.910. The van der Waals surface area contributed by atoms with Crippen molar-refractivity contribution in [2.45, 2.75) is 0 Å². The molecule has 0 saturated carbocycles. The summed E-state index contributed by atoms with van der Waals surface area (Å²) in [7, 11) is 1.73. The van der Waals surface area contributed by atoms with Gasteiger partial charge in [-0.05, 0) is 0 Å². The standard InChI is InChI=1S/C5H9N3O/c1-7-5-2-4(9)3-8(5)6/h2-3,7,9H,6H2,1H3. The lowest BCUT2D eigenvalue weighted by molar-refractivity contribution is 0.475. The van der Waals surface area contributed by atoms with E-state index in [1.165, 1.54) is 10.9 Å². The molecule has 0 bridgehead atoms. The highest BCUT2D eigenvalue weighted by atomic mass is 16.3. The Labute approximate surface area is 52.9 Å². The van der Waals surface area contributed by atoms with Crippen molar-refractivity contribution in [3.8, 4) is 5.75 Å². The predicted octanol–water partition coefficient (Wildman–Crippen LogP) is -0.0508. The zero-order valence-corrected chi connectivity index (χ0v) is 5.13. The number of rotatable bonds is 1. The molecule has 0 aliphatic carbocycles. The summed E-state index contributed by atoms with van der Waals surface area (Å²) in [6.07, 6.45) is 1.42. The molecule has 0 amide bonds. The van der Waals surface area contributed by atoms with Gasteiger partial charge in [0.1, 0.15) is 11.6 Å². The van der Waals surface area contributed by atoms with Gasteiger partial charge in [0.2, 0.25) is 0 Å². The molecule has 1 aromatic rings. The van der Waals surface area contributed by atoms with E-state index in [1.807, 2.05) is 0 Å². The fourth-order valence-electron chi connectivity index (χ4n) is 0.665. The summed E-state index contributed by atoms with van der Waals surface area (Å²) in [5.41, 5.74) is 0. The second-order valence-electron chi connectivity index (χ2n) is 1.74. The van der Waals surface area contributed by atoms with E-state index >= 15 is 0 Å². The molecule has 50 valence electrons. The lowest BCUT2D eigenvalue weighted by Crippen LogP contribution is -2.09. The minimum atomic E-state index is 0.168. The molecule has 9 heavy (non-hydrogen) atoms. The Morgan fingerprint density at radius 3 is 2.67 bits per heavy atom. The van der Waals surface area contributed by atoms with Crippen LogP contribution in [0, 0.1) is 0 Å². The van der Waals surface area contributed by atoms with Crippen molar-refractivity contribution in [1.82, 2.24) is 4.68 Å². The van der Waals surface area contributed by atoms with Crippen LogP contribution in [-0.4, -0.2) is 16.8 Å². The van der Waals surface area contributed by atoms with Gasteiger partial charge in [-0.1, -0.05) is 0 Å². The monoisotopic (exact) mass is 127 g/mol. The van der Waals surface area contributed by atoms with E-state index in [9.17, 15) is 0 Å². The summed E-state index contributed by atoms with van der Waals surface area (Å²) in [6, 6.07) is 1.54. The third-order valence-electron chi connectivity index (χ3n) is 1.09. The van der Waals surface area contributed by atoms with Crippen LogP contribution in [0.1, 0.15) is 0 Å². The molecule has 1 aromatic heterocycles. The van der Waals surface area contributed by atoms with Crippen molar-refractivity contribution in [2.75, 3.05) is 18.2 Å². The van der Waals surface area contributed by atoms with E-state index in [4.69, 9.17) is 10.9 Å². The van der Waals surface area contributed by atoms with Crippen molar-refractivity contribution < 1.29 is 5.11 Å². The molecule has 4 N–H and O–H groups in total. The van der Waals surface area contributed by atoms with Crippen LogP contribution in [0.4, 0.5) is 5.82 Å². The number of nitrogens with zero attached hydrogens (tertiary/aromatic N) is 1. The Morgan fingerprint density at radius 2 is 2.44 bits per heavy atom. The van der Waals surface area contributed by atoms with Gasteiger partial charge in [-0.3, -0.25) is 4.68 Å². The van der Waals surface area contributed by atoms with Crippen molar-refractivity contribution in [2.24, 2.45) is 0 Å². The van der Waals surface area contributed by atoms with Crippen molar-refractivity contribution in [3.63, 3.8) is 0 Å². The SMILES string of the molecule is CNc1cc(O)cn1N. The fourth-order valence-corrected chi connectivity index (χ4v) is 0.665. The number of nitrogens with one attached hydrogen (secondary N) is 1. The smallest absolute Gasteiger partial charge is 0.137 e. The molecule has 4 nitrogen and oxygen atoms in total. The topological polar surface area (TPSA) is 63.2 Å². The largest absolute Gasteiger partial charge is 0.506 e. The number of aromatic hydroxyl groups is 1. The fraction of sp³-hybridized carbons (Fsp3) is 0.200. The number of nitrogens with two attached hydrogens (primary N) is 1. The van der Waals surface area contributed by atoms with Gasteiger partial charge in [0.25, 0.3) is 0 Å². The third-order valence-corrected chi connectivity index (χ3v) is 1.09. The van der Waals surface area contributed by atoms with E-state index < -0.39 is 0 Å². The Balaban J connectivity index is 3.01. The first-order chi connectivity index (χ1) is 4.24. The molecular weight excluding hydrogens is 118 g/mol. The molecule has 4 heteroatoms. The maximum atomic E-state index is 8.82. The van der Waals surface area contributed by atoms with Gasteiger partial charge in [-0.15, -0.1) is 0 Å². The number of hydrogen-bond acceptors (Lipinski definition) is 3. The van der Waals surface area contributed by atoms with Gasteiger partial charge >= 0.3 is 0 Å². The Hall–Kier alpha value is -1.32. The molecule has 0 aliphatic rings. The number of anilines is 1. The molecule has 1 heterocycles. The van der Waals surface area contributed by atoms with Crippen LogP contribution in [0.2, 0.25) is 0 Å². The molecule has 0 saturated heterocycles. The highest BCUT2D eigenvalue weighted by molar-refractivity contribution is 5.42. The Morgan fingerprint density at radius 1 is 1.78 bits per heavy atom. The first kappa shape index (κ1) is 5.81. The molecule has 1 rings (SSSR count). The summed E-state index contributed by atoms with van der Waals surface area (Å²) >= 11 is 0. The molecular formula is C5H9N3O. The van der Waals surface area contributed by atoms with Crippen LogP contribution in [0.5, 0.6) is 5.75 Å². The minimum absolute atomic E-state index is 0.168. The van der Waals surface area contributed by atoms with E-state index in [-0.39, 0.29) is 5.75 Å². The summed E-state index contributed by atoms with van der Waals surface area (Å²) < 4.78 is 1.31. The maximum Gasteiger partial charge on any atom is 0.137 e. The van der Waals surface area contributed by atoms with E-state index in [2.05, 4.69) is 5.32 Å². The molecule has 0 unspecified atom stereocenters. The molecule has 0 aromatic carbocycles. The summed E-state index contributed by atoms with van der Waals surface area (Å²) in [5, 5.41) is 11.6. The summed E-state index contributed by atoms with van der Waals surface area (Å²) in [5.74, 6) is 6.20. The van der Waals surface area contributed by atoms with E-state index in [0.717, 1.165) is 0 Å². The average Bonchev–Trinajstić information content (AvgIpc) is 2.10. The van der Waals surface area contributed by atoms with E-state index in [1.54, 1.807) is 13.1 Å². The predicted molar refractivity (Wildman–Crippen MR) is 35.8 cm³/mol. The first-order valence-electron chi connectivity index (χ1n) is 2.58. The van der Waals surface area contributed by atoms with Gasteiger partial charge in [-0.2, -0.15) is 0 Å². The highest BCUT2D eigenvalue weighted by Gasteiger charge is 1.96. The number of aromatic nitrogens is 1. The lowest BCUT2D eigenvalue weighted by Gasteiger charge is -1.97. The van der Waals surface area contributed by atoms with Crippen LogP contribution >= 0.6 is 0 Å². The van der Waals surface area contributed by atoms with Gasteiger partial charge < -0.3 is 16.3 Å². The Bertz CT molecular complexity index is 206. The van der Waals surface area contributed by atoms with Gasteiger partial charge in [0.15, 0.2) is 0 Å². The average molecular weight is 127 g/mol. The van der Waals surface area contributed by atoms with Crippen LogP contribution in [-0.2, 0) is 0 Å². The highest BCUT2D eigenvalue weighted by Crippen LogP contribution is 2.14. The summed E-state index contributed by atoms with van der Waals surface area (Å²) in [4.78, 5) is 0. The van der Waals surface area contributed by atoms with Crippen molar-refractivity contribution >= 4 is 5.82 Å². The Kier molecular flexibility index (Phi) is 1.22. The van der Waals surface area contributed by atoms with Crippen molar-refractivity contribution in [1.29, 1.82) is 0 Å². The zero-order valence-electron chi connectivity index (χ0n) is 5.13. The molecule has 0 aliphatic heterocycles. The molecule has 0 fully saturated rings. The second-order valence-corrected chi connectivity index (χ2v) is 1.74. The quantitative estimate of drug-likeness (QED) is 0.463. The second kappa shape index (κ2) is 1.89.